The van der Waals surface area contributed by atoms with Crippen molar-refractivity contribution in [2.75, 3.05) is 0 Å². The molecule has 0 spiro atoms. The molecule has 2 N–H and O–H groups in total. The Hall–Kier alpha value is -1.08. The second-order valence-corrected chi connectivity index (χ2v) is 3.50. The maximum absolute atomic E-state index is 5.91. The predicted octanol–water partition coefficient (Wildman–Crippen LogP) is 2.97. The van der Waals surface area contributed by atoms with Crippen molar-refractivity contribution in [2.24, 2.45) is 5.73 Å². The zero-order chi connectivity index (χ0) is 10.0. The van der Waals surface area contributed by atoms with Gasteiger partial charge in [0.25, 0.3) is 0 Å². The van der Waals surface area contributed by atoms with Gasteiger partial charge in [0.1, 0.15) is 0 Å². The molecule has 0 aliphatic heterocycles. The number of aryl methyl sites for hydroxylation is 1. The molecule has 13 heavy (non-hydrogen) atoms. The third-order valence-electron chi connectivity index (χ3n) is 2.49. The molecule has 0 saturated carbocycles. The van der Waals surface area contributed by atoms with Crippen LogP contribution in [0.5, 0.6) is 0 Å². The van der Waals surface area contributed by atoms with Crippen LogP contribution >= 0.6 is 0 Å². The summed E-state index contributed by atoms with van der Waals surface area (Å²) in [7, 11) is 0. The van der Waals surface area contributed by atoms with Crippen LogP contribution < -0.4 is 5.73 Å². The largest absolute Gasteiger partial charge is 0.324 e. The minimum Gasteiger partial charge on any atom is -0.324 e. The van der Waals surface area contributed by atoms with Gasteiger partial charge in [-0.3, -0.25) is 0 Å². The van der Waals surface area contributed by atoms with E-state index in [0.717, 1.165) is 5.56 Å². The zero-order valence-corrected chi connectivity index (χ0v) is 8.59. The van der Waals surface area contributed by atoms with Gasteiger partial charge in [0.15, 0.2) is 0 Å². The SMILES string of the molecule is C=Cc1ccc(C)c(C)c1C(C)N. The van der Waals surface area contributed by atoms with Crippen LogP contribution in [0.1, 0.15) is 35.2 Å². The third-order valence-corrected chi connectivity index (χ3v) is 2.49. The summed E-state index contributed by atoms with van der Waals surface area (Å²) in [6.07, 6.45) is 1.87. The monoisotopic (exact) mass is 175 g/mol. The Morgan fingerprint density at radius 2 is 2.00 bits per heavy atom. The van der Waals surface area contributed by atoms with Crippen molar-refractivity contribution in [1.29, 1.82) is 0 Å². The lowest BCUT2D eigenvalue weighted by Gasteiger charge is -2.15. The van der Waals surface area contributed by atoms with E-state index in [1.54, 1.807) is 0 Å². The Morgan fingerprint density at radius 3 is 2.46 bits per heavy atom. The van der Waals surface area contributed by atoms with Gasteiger partial charge in [-0.1, -0.05) is 24.8 Å². The van der Waals surface area contributed by atoms with E-state index in [0.29, 0.717) is 0 Å². The average molecular weight is 175 g/mol. The topological polar surface area (TPSA) is 26.0 Å². The van der Waals surface area contributed by atoms with Crippen LogP contribution in [0.3, 0.4) is 0 Å². The molecule has 0 heterocycles. The molecule has 1 atom stereocenters. The highest BCUT2D eigenvalue weighted by Gasteiger charge is 2.09. The van der Waals surface area contributed by atoms with Crippen molar-refractivity contribution in [2.45, 2.75) is 26.8 Å². The van der Waals surface area contributed by atoms with E-state index in [2.05, 4.69) is 32.6 Å². The summed E-state index contributed by atoms with van der Waals surface area (Å²) in [6.45, 7) is 10.0. The molecule has 0 saturated heterocycles. The summed E-state index contributed by atoms with van der Waals surface area (Å²) < 4.78 is 0. The van der Waals surface area contributed by atoms with E-state index >= 15 is 0 Å². The fourth-order valence-corrected chi connectivity index (χ4v) is 1.64. The van der Waals surface area contributed by atoms with Crippen LogP contribution in [0.2, 0.25) is 0 Å². The van der Waals surface area contributed by atoms with Gasteiger partial charge in [0, 0.05) is 6.04 Å². The standard InChI is InChI=1S/C12H17N/c1-5-11-7-6-8(2)9(3)12(11)10(4)13/h5-7,10H,1,13H2,2-4H3. The molecule has 1 rings (SSSR count). The average Bonchev–Trinajstić information content (AvgIpc) is 2.08. The Kier molecular flexibility index (Phi) is 2.89. The van der Waals surface area contributed by atoms with E-state index in [4.69, 9.17) is 5.73 Å². The molecule has 0 radical (unpaired) electrons. The summed E-state index contributed by atoms with van der Waals surface area (Å²) in [5.41, 5.74) is 10.9. The minimum absolute atomic E-state index is 0.0768. The quantitative estimate of drug-likeness (QED) is 0.734. The van der Waals surface area contributed by atoms with Gasteiger partial charge in [-0.25, -0.2) is 0 Å². The number of hydrogen-bond acceptors (Lipinski definition) is 1. The molecule has 1 unspecified atom stereocenters. The van der Waals surface area contributed by atoms with Crippen LogP contribution in [0.15, 0.2) is 18.7 Å². The van der Waals surface area contributed by atoms with Crippen molar-refractivity contribution in [3.63, 3.8) is 0 Å². The van der Waals surface area contributed by atoms with E-state index in [1.807, 2.05) is 13.0 Å². The molecule has 70 valence electrons. The molecule has 0 amide bonds. The van der Waals surface area contributed by atoms with Gasteiger partial charge < -0.3 is 5.73 Å². The van der Waals surface area contributed by atoms with Gasteiger partial charge in [0.05, 0.1) is 0 Å². The predicted molar refractivity (Wildman–Crippen MR) is 58.6 cm³/mol. The second kappa shape index (κ2) is 3.75. The van der Waals surface area contributed by atoms with Crippen molar-refractivity contribution in [3.8, 4) is 0 Å². The molecule has 0 fully saturated rings. The third kappa shape index (κ3) is 1.81. The highest BCUT2D eigenvalue weighted by Crippen LogP contribution is 2.23. The molecule has 0 aliphatic rings. The molecular weight excluding hydrogens is 158 g/mol. The lowest BCUT2D eigenvalue weighted by molar-refractivity contribution is 0.805. The van der Waals surface area contributed by atoms with Crippen molar-refractivity contribution in [1.82, 2.24) is 0 Å². The number of rotatable bonds is 2. The van der Waals surface area contributed by atoms with Gasteiger partial charge in [0.2, 0.25) is 0 Å². The molecule has 0 aliphatic carbocycles. The molecule has 1 aromatic rings. The van der Waals surface area contributed by atoms with E-state index in [1.165, 1.54) is 16.7 Å². The molecule has 1 aromatic carbocycles. The summed E-state index contributed by atoms with van der Waals surface area (Å²) in [5, 5.41) is 0. The van der Waals surface area contributed by atoms with Crippen molar-refractivity contribution in [3.05, 3.63) is 41.0 Å². The number of benzene rings is 1. The Balaban J connectivity index is 3.41. The first kappa shape index (κ1) is 10.0. The smallest absolute Gasteiger partial charge is 0.0274 e. The second-order valence-electron chi connectivity index (χ2n) is 3.50. The highest BCUT2D eigenvalue weighted by molar-refractivity contribution is 5.56. The molecule has 1 nitrogen and oxygen atoms in total. The highest BCUT2D eigenvalue weighted by atomic mass is 14.6. The van der Waals surface area contributed by atoms with Crippen molar-refractivity contribution >= 4 is 6.08 Å². The summed E-state index contributed by atoms with van der Waals surface area (Å²) >= 11 is 0. The van der Waals surface area contributed by atoms with Crippen LogP contribution in [0.25, 0.3) is 6.08 Å². The number of hydrogen-bond donors (Lipinski definition) is 1. The van der Waals surface area contributed by atoms with Gasteiger partial charge in [-0.15, -0.1) is 0 Å². The van der Waals surface area contributed by atoms with Crippen LogP contribution in [-0.2, 0) is 0 Å². The molecular formula is C12H17N. The first-order chi connectivity index (χ1) is 6.07. The first-order valence-corrected chi connectivity index (χ1v) is 4.56. The van der Waals surface area contributed by atoms with E-state index in [9.17, 15) is 0 Å². The lowest BCUT2D eigenvalue weighted by Crippen LogP contribution is -2.09. The van der Waals surface area contributed by atoms with Crippen molar-refractivity contribution < 1.29 is 0 Å². The van der Waals surface area contributed by atoms with Gasteiger partial charge >= 0.3 is 0 Å². The fraction of sp³-hybridized carbons (Fsp3) is 0.333. The van der Waals surface area contributed by atoms with E-state index in [-0.39, 0.29) is 6.04 Å². The fourth-order valence-electron chi connectivity index (χ4n) is 1.64. The van der Waals surface area contributed by atoms with Gasteiger partial charge in [-0.05, 0) is 43.0 Å². The number of nitrogens with two attached hydrogens (primary N) is 1. The Morgan fingerprint density at radius 1 is 1.38 bits per heavy atom. The van der Waals surface area contributed by atoms with Crippen LogP contribution in [0, 0.1) is 13.8 Å². The summed E-state index contributed by atoms with van der Waals surface area (Å²) in [4.78, 5) is 0. The lowest BCUT2D eigenvalue weighted by atomic mass is 9.93. The van der Waals surface area contributed by atoms with Crippen LogP contribution in [-0.4, -0.2) is 0 Å². The molecule has 1 heteroatoms. The zero-order valence-electron chi connectivity index (χ0n) is 8.59. The first-order valence-electron chi connectivity index (χ1n) is 4.56. The summed E-state index contributed by atoms with van der Waals surface area (Å²) in [5.74, 6) is 0. The normalized spacial score (nSPS) is 12.6. The van der Waals surface area contributed by atoms with Gasteiger partial charge in [-0.2, -0.15) is 0 Å². The van der Waals surface area contributed by atoms with Crippen LogP contribution in [0.4, 0.5) is 0 Å². The maximum atomic E-state index is 5.91. The maximum Gasteiger partial charge on any atom is 0.0274 e. The molecule has 0 bridgehead atoms. The Bertz CT molecular complexity index is 324. The van der Waals surface area contributed by atoms with E-state index < -0.39 is 0 Å². The minimum atomic E-state index is 0.0768. The summed E-state index contributed by atoms with van der Waals surface area (Å²) in [6, 6.07) is 4.26. The Labute approximate surface area is 80.3 Å². The molecule has 0 aromatic heterocycles.